The fourth-order valence-corrected chi connectivity index (χ4v) is 4.57. The van der Waals surface area contributed by atoms with E-state index in [1.165, 1.54) is 12.5 Å². The summed E-state index contributed by atoms with van der Waals surface area (Å²) in [6, 6.07) is 18.3. The molecule has 3 heterocycles. The van der Waals surface area contributed by atoms with Crippen molar-refractivity contribution < 1.29 is 23.8 Å². The number of ether oxygens (including phenoxy) is 1. The van der Waals surface area contributed by atoms with Crippen LogP contribution < -0.4 is 15.0 Å². The van der Waals surface area contributed by atoms with E-state index in [0.29, 0.717) is 23.1 Å². The number of pyridine rings is 1. The maximum atomic E-state index is 12.7. The number of anilines is 2. The molecule has 1 aliphatic heterocycles. The number of oxazole rings is 1. The Morgan fingerprint density at radius 3 is 2.31 bits per heavy atom. The molecule has 10 heteroatoms. The SMILES string of the molecule is CN(CC(=O)Nc1ccc(Oc2ccc(-c3ncco3)cc2)cc1)C1CCN(c2ccc(C(=O)O)cn2)CC1. The summed E-state index contributed by atoms with van der Waals surface area (Å²) in [4.78, 5) is 36.3. The molecule has 0 saturated carbocycles. The lowest BCUT2D eigenvalue weighted by atomic mass is 10.0. The standard InChI is InChI=1S/C29H29N5O5/c1-33(23-12-15-34(16-13-23)26-11-4-21(18-31-26)29(36)37)19-27(35)32-22-5-9-25(10-6-22)39-24-7-2-20(3-8-24)28-30-14-17-38-28/h2-11,14,17-18,23H,12-13,15-16,19H2,1H3,(H,32,35)(H,36,37). The average Bonchev–Trinajstić information content (AvgIpc) is 3.50. The third-order valence-corrected chi connectivity index (χ3v) is 6.71. The van der Waals surface area contributed by atoms with Crippen LogP contribution >= 0.6 is 0 Å². The zero-order valence-electron chi connectivity index (χ0n) is 21.5. The fourth-order valence-electron chi connectivity index (χ4n) is 4.57. The quantitative estimate of drug-likeness (QED) is 0.317. The molecule has 1 fully saturated rings. The molecule has 4 aromatic rings. The second kappa shape index (κ2) is 11.8. The predicted octanol–water partition coefficient (Wildman–Crippen LogP) is 4.77. The van der Waals surface area contributed by atoms with Gasteiger partial charge >= 0.3 is 5.97 Å². The van der Waals surface area contributed by atoms with Gasteiger partial charge in [-0.1, -0.05) is 0 Å². The first-order chi connectivity index (χ1) is 18.9. The summed E-state index contributed by atoms with van der Waals surface area (Å²) in [5.41, 5.74) is 1.74. The number of nitrogens with one attached hydrogen (secondary N) is 1. The molecular formula is C29H29N5O5. The van der Waals surface area contributed by atoms with Crippen LogP contribution in [0, 0.1) is 0 Å². The Bertz CT molecular complexity index is 1380. The number of rotatable bonds is 9. The Hall–Kier alpha value is -4.70. The van der Waals surface area contributed by atoms with E-state index >= 15 is 0 Å². The zero-order chi connectivity index (χ0) is 27.2. The van der Waals surface area contributed by atoms with Crippen LogP contribution in [0.4, 0.5) is 11.5 Å². The van der Waals surface area contributed by atoms with Crippen molar-refractivity contribution in [2.75, 3.05) is 36.9 Å². The highest BCUT2D eigenvalue weighted by molar-refractivity contribution is 5.92. The number of likely N-dealkylation sites (N-methyl/N-ethyl adjacent to an activating group) is 1. The Morgan fingerprint density at radius 1 is 1.03 bits per heavy atom. The molecule has 0 bridgehead atoms. The van der Waals surface area contributed by atoms with Gasteiger partial charge in [-0.3, -0.25) is 9.69 Å². The summed E-state index contributed by atoms with van der Waals surface area (Å²) in [7, 11) is 1.96. The highest BCUT2D eigenvalue weighted by Gasteiger charge is 2.24. The minimum absolute atomic E-state index is 0.0818. The summed E-state index contributed by atoms with van der Waals surface area (Å²) in [5.74, 6) is 1.61. The molecule has 0 aliphatic carbocycles. The molecule has 2 N–H and O–H groups in total. The first-order valence-corrected chi connectivity index (χ1v) is 12.7. The van der Waals surface area contributed by atoms with E-state index < -0.39 is 5.97 Å². The molecule has 2 aromatic heterocycles. The Balaban J connectivity index is 1.07. The van der Waals surface area contributed by atoms with E-state index in [0.717, 1.165) is 37.3 Å². The first-order valence-electron chi connectivity index (χ1n) is 12.7. The van der Waals surface area contributed by atoms with E-state index in [2.05, 4.69) is 25.1 Å². The van der Waals surface area contributed by atoms with Gasteiger partial charge in [0.05, 0.1) is 18.3 Å². The van der Waals surface area contributed by atoms with Crippen molar-refractivity contribution in [3.63, 3.8) is 0 Å². The molecule has 39 heavy (non-hydrogen) atoms. The molecular weight excluding hydrogens is 498 g/mol. The number of carboxylic acid groups (broad SMARTS) is 1. The first kappa shape index (κ1) is 25.9. The molecule has 0 radical (unpaired) electrons. The van der Waals surface area contributed by atoms with E-state index in [1.807, 2.05) is 55.6 Å². The van der Waals surface area contributed by atoms with Gasteiger partial charge < -0.3 is 24.5 Å². The number of aromatic carboxylic acids is 1. The topological polar surface area (TPSA) is 121 Å². The molecule has 5 rings (SSSR count). The normalized spacial score (nSPS) is 13.8. The lowest BCUT2D eigenvalue weighted by Crippen LogP contribution is -2.45. The fraction of sp³-hybridized carbons (Fsp3) is 0.241. The summed E-state index contributed by atoms with van der Waals surface area (Å²) in [6.45, 7) is 1.87. The minimum Gasteiger partial charge on any atom is -0.478 e. The smallest absolute Gasteiger partial charge is 0.337 e. The van der Waals surface area contributed by atoms with Gasteiger partial charge in [0.1, 0.15) is 23.6 Å². The van der Waals surface area contributed by atoms with Gasteiger partial charge in [-0.2, -0.15) is 0 Å². The molecule has 2 aromatic carbocycles. The molecule has 1 saturated heterocycles. The van der Waals surface area contributed by atoms with Crippen LogP contribution in [0.1, 0.15) is 23.2 Å². The van der Waals surface area contributed by atoms with Crippen LogP contribution in [0.15, 0.2) is 83.7 Å². The van der Waals surface area contributed by atoms with Crippen LogP contribution in [0.25, 0.3) is 11.5 Å². The number of hydrogen-bond acceptors (Lipinski definition) is 8. The van der Waals surface area contributed by atoms with Crippen LogP contribution in [0.5, 0.6) is 11.5 Å². The molecule has 1 amide bonds. The van der Waals surface area contributed by atoms with E-state index in [4.69, 9.17) is 14.3 Å². The molecule has 0 unspecified atom stereocenters. The van der Waals surface area contributed by atoms with Gasteiger partial charge in [-0.25, -0.2) is 14.8 Å². The number of carbonyl (C=O) groups is 2. The molecule has 200 valence electrons. The summed E-state index contributed by atoms with van der Waals surface area (Å²) < 4.78 is 11.2. The van der Waals surface area contributed by atoms with E-state index in [1.54, 1.807) is 18.3 Å². The summed E-state index contributed by atoms with van der Waals surface area (Å²) >= 11 is 0. The minimum atomic E-state index is -0.984. The highest BCUT2D eigenvalue weighted by atomic mass is 16.5. The maximum absolute atomic E-state index is 12.7. The van der Waals surface area contributed by atoms with Crippen molar-refractivity contribution in [3.05, 3.63) is 84.9 Å². The van der Waals surface area contributed by atoms with Gasteiger partial charge in [-0.15, -0.1) is 0 Å². The van der Waals surface area contributed by atoms with Crippen LogP contribution in [-0.4, -0.2) is 64.6 Å². The summed E-state index contributed by atoms with van der Waals surface area (Å²) in [6.07, 6.45) is 6.30. The van der Waals surface area contributed by atoms with Crippen LogP contribution in [0.2, 0.25) is 0 Å². The van der Waals surface area contributed by atoms with Crippen molar-refractivity contribution in [1.82, 2.24) is 14.9 Å². The van der Waals surface area contributed by atoms with Crippen molar-refractivity contribution >= 4 is 23.4 Å². The Labute approximate surface area is 225 Å². The number of hydrogen-bond donors (Lipinski definition) is 2. The Morgan fingerprint density at radius 2 is 1.72 bits per heavy atom. The van der Waals surface area contributed by atoms with Gasteiger partial charge in [0.25, 0.3) is 0 Å². The van der Waals surface area contributed by atoms with Crippen molar-refractivity contribution in [1.29, 1.82) is 0 Å². The van der Waals surface area contributed by atoms with Crippen molar-refractivity contribution in [2.45, 2.75) is 18.9 Å². The van der Waals surface area contributed by atoms with Crippen LogP contribution in [-0.2, 0) is 4.79 Å². The number of piperidine rings is 1. The number of nitrogens with zero attached hydrogens (tertiary/aromatic N) is 4. The lowest BCUT2D eigenvalue weighted by molar-refractivity contribution is -0.117. The number of carbonyl (C=O) groups excluding carboxylic acids is 1. The third kappa shape index (κ3) is 6.60. The third-order valence-electron chi connectivity index (χ3n) is 6.71. The van der Waals surface area contributed by atoms with E-state index in [-0.39, 0.29) is 24.1 Å². The number of benzene rings is 2. The van der Waals surface area contributed by atoms with Gasteiger partial charge in [-0.05, 0) is 80.6 Å². The molecule has 10 nitrogen and oxygen atoms in total. The van der Waals surface area contributed by atoms with Crippen LogP contribution in [0.3, 0.4) is 0 Å². The molecule has 1 aliphatic rings. The largest absolute Gasteiger partial charge is 0.478 e. The lowest BCUT2D eigenvalue weighted by Gasteiger charge is -2.37. The zero-order valence-corrected chi connectivity index (χ0v) is 21.5. The molecule has 0 spiro atoms. The van der Waals surface area contributed by atoms with Crippen molar-refractivity contribution in [2.24, 2.45) is 0 Å². The second-order valence-corrected chi connectivity index (χ2v) is 9.38. The van der Waals surface area contributed by atoms with Gasteiger partial charge in [0.15, 0.2) is 0 Å². The van der Waals surface area contributed by atoms with E-state index in [9.17, 15) is 9.59 Å². The Kier molecular flexibility index (Phi) is 7.83. The highest BCUT2D eigenvalue weighted by Crippen LogP contribution is 2.26. The van der Waals surface area contributed by atoms with Gasteiger partial charge in [0, 0.05) is 36.6 Å². The maximum Gasteiger partial charge on any atom is 0.337 e. The number of carboxylic acids is 1. The number of aromatic nitrogens is 2. The number of amides is 1. The molecule has 0 atom stereocenters. The second-order valence-electron chi connectivity index (χ2n) is 9.38. The summed E-state index contributed by atoms with van der Waals surface area (Å²) in [5, 5.41) is 12.0. The van der Waals surface area contributed by atoms with Gasteiger partial charge in [0.2, 0.25) is 11.8 Å². The predicted molar refractivity (Wildman–Crippen MR) is 146 cm³/mol. The average molecular weight is 528 g/mol. The monoisotopic (exact) mass is 527 g/mol. The van der Waals surface area contributed by atoms with Crippen molar-refractivity contribution in [3.8, 4) is 23.0 Å².